The summed E-state index contributed by atoms with van der Waals surface area (Å²) in [6.45, 7) is 2.11. The largest absolute Gasteiger partial charge is 0.496 e. The summed E-state index contributed by atoms with van der Waals surface area (Å²) in [6, 6.07) is 4.89. The van der Waals surface area contributed by atoms with Crippen LogP contribution in [-0.4, -0.2) is 41.6 Å². The van der Waals surface area contributed by atoms with Gasteiger partial charge in [-0.25, -0.2) is 8.42 Å². The fourth-order valence-corrected chi connectivity index (χ4v) is 3.28. The molecule has 8 heteroatoms. The Morgan fingerprint density at radius 3 is 2.64 bits per heavy atom. The van der Waals surface area contributed by atoms with Gasteiger partial charge in [0.15, 0.2) is 0 Å². The molecule has 0 spiro atoms. The molecule has 2 aromatic rings. The second-order valence-electron chi connectivity index (χ2n) is 4.95. The fourth-order valence-electron chi connectivity index (χ4n) is 2.11. The third-order valence-corrected chi connectivity index (χ3v) is 5.31. The monoisotopic (exact) mass is 324 g/mol. The van der Waals surface area contributed by atoms with Crippen molar-refractivity contribution < 1.29 is 13.2 Å². The minimum atomic E-state index is -3.59. The minimum absolute atomic E-state index is 0.159. The molecule has 0 N–H and O–H groups in total. The molecule has 0 saturated heterocycles. The van der Waals surface area contributed by atoms with Gasteiger partial charge in [0, 0.05) is 14.1 Å². The lowest BCUT2D eigenvalue weighted by Crippen LogP contribution is -2.27. The van der Waals surface area contributed by atoms with Crippen LogP contribution in [0.4, 0.5) is 0 Å². The van der Waals surface area contributed by atoms with Gasteiger partial charge in [-0.15, -0.1) is 10.2 Å². The van der Waals surface area contributed by atoms with Gasteiger partial charge in [0.2, 0.25) is 10.0 Å². The third kappa shape index (κ3) is 3.12. The summed E-state index contributed by atoms with van der Waals surface area (Å²) in [5.41, 5.74) is 0.857. The van der Waals surface area contributed by atoms with E-state index in [1.807, 2.05) is 6.92 Å². The van der Waals surface area contributed by atoms with E-state index in [1.165, 1.54) is 11.4 Å². The Hall–Kier alpha value is -1.93. The van der Waals surface area contributed by atoms with Gasteiger partial charge in [-0.2, -0.15) is 4.31 Å². The molecule has 120 valence electrons. The van der Waals surface area contributed by atoms with Crippen LogP contribution < -0.4 is 4.74 Å². The molecule has 1 heterocycles. The highest BCUT2D eigenvalue weighted by Crippen LogP contribution is 2.25. The maximum Gasteiger partial charge on any atom is 0.243 e. The zero-order valence-corrected chi connectivity index (χ0v) is 14.0. The number of aromatic nitrogens is 3. The van der Waals surface area contributed by atoms with E-state index >= 15 is 0 Å². The van der Waals surface area contributed by atoms with Gasteiger partial charge < -0.3 is 9.30 Å². The first kappa shape index (κ1) is 16.4. The van der Waals surface area contributed by atoms with E-state index in [-0.39, 0.29) is 11.4 Å². The smallest absolute Gasteiger partial charge is 0.243 e. The van der Waals surface area contributed by atoms with Gasteiger partial charge >= 0.3 is 0 Å². The first-order valence-corrected chi connectivity index (χ1v) is 8.30. The first-order valence-electron chi connectivity index (χ1n) is 6.86. The van der Waals surface area contributed by atoms with Crippen LogP contribution in [-0.2, 0) is 30.0 Å². The van der Waals surface area contributed by atoms with Crippen molar-refractivity contribution in [3.05, 3.63) is 35.9 Å². The van der Waals surface area contributed by atoms with Crippen molar-refractivity contribution >= 4 is 10.0 Å². The molecule has 22 heavy (non-hydrogen) atoms. The molecule has 0 amide bonds. The van der Waals surface area contributed by atoms with Gasteiger partial charge in [0.1, 0.15) is 17.9 Å². The van der Waals surface area contributed by atoms with Crippen LogP contribution in [0.2, 0.25) is 0 Å². The van der Waals surface area contributed by atoms with Gasteiger partial charge in [-0.3, -0.25) is 0 Å². The molecule has 1 aromatic carbocycles. The summed E-state index contributed by atoms with van der Waals surface area (Å²) < 4.78 is 33.5. The number of hydrogen-bond acceptors (Lipinski definition) is 5. The maximum atomic E-state index is 12.7. The predicted molar refractivity (Wildman–Crippen MR) is 82.0 cm³/mol. The minimum Gasteiger partial charge on any atom is -0.496 e. The SMILES string of the molecule is CCc1cc(S(=O)(=O)N(C)Cc2nncn2C)ccc1OC. The van der Waals surface area contributed by atoms with Crippen LogP contribution in [0, 0.1) is 0 Å². The molecule has 0 aliphatic carbocycles. The molecular formula is C14H20N4O3S. The Balaban J connectivity index is 2.31. The zero-order valence-electron chi connectivity index (χ0n) is 13.1. The summed E-state index contributed by atoms with van der Waals surface area (Å²) in [4.78, 5) is 0.245. The summed E-state index contributed by atoms with van der Waals surface area (Å²) in [7, 11) is 1.28. The summed E-state index contributed by atoms with van der Waals surface area (Å²) in [6.07, 6.45) is 2.23. The molecule has 0 aliphatic rings. The van der Waals surface area contributed by atoms with Crippen LogP contribution in [0.15, 0.2) is 29.4 Å². The lowest BCUT2D eigenvalue weighted by atomic mass is 10.1. The van der Waals surface area contributed by atoms with Gasteiger partial charge in [-0.05, 0) is 30.2 Å². The normalized spacial score (nSPS) is 11.9. The Bertz CT molecular complexity index is 755. The van der Waals surface area contributed by atoms with Crippen molar-refractivity contribution in [1.82, 2.24) is 19.1 Å². The molecule has 1 aromatic heterocycles. The maximum absolute atomic E-state index is 12.7. The van der Waals surface area contributed by atoms with Crippen LogP contribution in [0.5, 0.6) is 5.75 Å². The third-order valence-electron chi connectivity index (χ3n) is 3.51. The van der Waals surface area contributed by atoms with Crippen molar-refractivity contribution in [3.63, 3.8) is 0 Å². The van der Waals surface area contributed by atoms with E-state index in [1.54, 1.807) is 43.3 Å². The number of ether oxygens (including phenoxy) is 1. The zero-order chi connectivity index (χ0) is 16.3. The van der Waals surface area contributed by atoms with E-state index in [2.05, 4.69) is 10.2 Å². The summed E-state index contributed by atoms with van der Waals surface area (Å²) in [5, 5.41) is 7.67. The molecular weight excluding hydrogens is 304 g/mol. The van der Waals surface area contributed by atoms with Crippen LogP contribution in [0.3, 0.4) is 0 Å². The average Bonchev–Trinajstić information content (AvgIpc) is 2.91. The second kappa shape index (κ2) is 6.45. The lowest BCUT2D eigenvalue weighted by Gasteiger charge is -2.17. The van der Waals surface area contributed by atoms with E-state index in [9.17, 15) is 8.42 Å². The van der Waals surface area contributed by atoms with Crippen LogP contribution >= 0.6 is 0 Å². The summed E-state index contributed by atoms with van der Waals surface area (Å²) >= 11 is 0. The molecule has 0 unspecified atom stereocenters. The highest BCUT2D eigenvalue weighted by molar-refractivity contribution is 7.89. The molecule has 7 nitrogen and oxygen atoms in total. The predicted octanol–water partition coefficient (Wildman–Crippen LogP) is 1.21. The highest BCUT2D eigenvalue weighted by Gasteiger charge is 2.23. The number of benzene rings is 1. The van der Waals surface area contributed by atoms with Crippen molar-refractivity contribution in [1.29, 1.82) is 0 Å². The molecule has 0 atom stereocenters. The average molecular weight is 324 g/mol. The van der Waals surface area contributed by atoms with Crippen molar-refractivity contribution in [2.75, 3.05) is 14.2 Å². The molecule has 0 aliphatic heterocycles. The van der Waals surface area contributed by atoms with E-state index in [4.69, 9.17) is 4.74 Å². The molecule has 0 saturated carbocycles. The number of nitrogens with zero attached hydrogens (tertiary/aromatic N) is 4. The Labute approximate surface area is 130 Å². The topological polar surface area (TPSA) is 77.3 Å². The van der Waals surface area contributed by atoms with Crippen LogP contribution in [0.1, 0.15) is 18.3 Å². The number of sulfonamides is 1. The summed E-state index contributed by atoms with van der Waals surface area (Å²) in [5.74, 6) is 1.27. The molecule has 0 fully saturated rings. The first-order chi connectivity index (χ1) is 10.4. The number of rotatable bonds is 6. The van der Waals surface area contributed by atoms with Gasteiger partial charge in [0.05, 0.1) is 18.6 Å². The standard InChI is InChI=1S/C14H20N4O3S/c1-5-11-8-12(6-7-13(11)21-4)22(19,20)18(3)9-14-16-15-10-17(14)2/h6-8,10H,5,9H2,1-4H3. The van der Waals surface area contributed by atoms with Crippen molar-refractivity contribution in [2.24, 2.45) is 7.05 Å². The number of hydrogen-bond donors (Lipinski definition) is 0. The number of aryl methyl sites for hydroxylation is 2. The van der Waals surface area contributed by atoms with Crippen molar-refractivity contribution in [2.45, 2.75) is 24.8 Å². The quantitative estimate of drug-likeness (QED) is 0.798. The van der Waals surface area contributed by atoms with Gasteiger partial charge in [0.25, 0.3) is 0 Å². The van der Waals surface area contributed by atoms with E-state index in [0.717, 1.165) is 5.56 Å². The van der Waals surface area contributed by atoms with Crippen LogP contribution in [0.25, 0.3) is 0 Å². The lowest BCUT2D eigenvalue weighted by molar-refractivity contribution is 0.409. The van der Waals surface area contributed by atoms with E-state index < -0.39 is 10.0 Å². The Morgan fingerprint density at radius 1 is 1.36 bits per heavy atom. The van der Waals surface area contributed by atoms with E-state index in [0.29, 0.717) is 18.0 Å². The Kier molecular flexibility index (Phi) is 4.82. The molecule has 0 bridgehead atoms. The van der Waals surface area contributed by atoms with Crippen molar-refractivity contribution in [3.8, 4) is 5.75 Å². The Morgan fingerprint density at radius 2 is 2.09 bits per heavy atom. The number of methoxy groups -OCH3 is 1. The molecule has 0 radical (unpaired) electrons. The fraction of sp³-hybridized carbons (Fsp3) is 0.429. The van der Waals surface area contributed by atoms with Gasteiger partial charge in [-0.1, -0.05) is 6.92 Å². The highest BCUT2D eigenvalue weighted by atomic mass is 32.2. The second-order valence-corrected chi connectivity index (χ2v) is 6.99. The molecule has 2 rings (SSSR count).